The lowest BCUT2D eigenvalue weighted by atomic mass is 10.1. The van der Waals surface area contributed by atoms with Crippen molar-refractivity contribution >= 4 is 22.7 Å². The van der Waals surface area contributed by atoms with E-state index in [1.807, 2.05) is 47.2 Å². The summed E-state index contributed by atoms with van der Waals surface area (Å²) >= 11 is 3.18. The third-order valence-corrected chi connectivity index (χ3v) is 4.38. The van der Waals surface area contributed by atoms with Gasteiger partial charge in [0.05, 0.1) is 0 Å². The van der Waals surface area contributed by atoms with Crippen molar-refractivity contribution < 1.29 is 4.39 Å². The minimum atomic E-state index is -0.154. The molecular weight excluding hydrogens is 251 g/mol. The topological polar surface area (TPSA) is 0 Å². The van der Waals surface area contributed by atoms with E-state index in [1.54, 1.807) is 28.7 Å². The molecule has 0 bridgehead atoms. The van der Waals surface area contributed by atoms with Gasteiger partial charge in [0.1, 0.15) is 5.82 Å². The van der Waals surface area contributed by atoms with E-state index in [1.165, 1.54) is 0 Å². The molecule has 1 aromatic carbocycles. The molecule has 0 amide bonds. The largest absolute Gasteiger partial charge is 0.206 e. The van der Waals surface area contributed by atoms with E-state index in [2.05, 4.69) is 0 Å². The van der Waals surface area contributed by atoms with Gasteiger partial charge in [0, 0.05) is 15.3 Å². The molecule has 0 spiro atoms. The van der Waals surface area contributed by atoms with Crippen LogP contribution in [0.2, 0.25) is 0 Å². The second-order valence-electron chi connectivity index (χ2n) is 3.65. The fraction of sp³-hybridized carbons (Fsp3) is 0. The molecule has 84 valence electrons. The summed E-state index contributed by atoms with van der Waals surface area (Å²) in [4.78, 5) is 2.07. The number of benzene rings is 1. The lowest BCUT2D eigenvalue weighted by Crippen LogP contribution is -1.82. The van der Waals surface area contributed by atoms with Crippen molar-refractivity contribution in [1.29, 1.82) is 0 Å². The van der Waals surface area contributed by atoms with Crippen molar-refractivity contribution in [3.63, 3.8) is 0 Å². The molecule has 3 rings (SSSR count). The smallest absolute Gasteiger partial charge is 0.132 e. The predicted molar refractivity (Wildman–Crippen MR) is 73.0 cm³/mol. The molecule has 0 saturated carbocycles. The zero-order valence-corrected chi connectivity index (χ0v) is 10.5. The van der Waals surface area contributed by atoms with Gasteiger partial charge in [-0.05, 0) is 40.6 Å². The van der Waals surface area contributed by atoms with Crippen LogP contribution < -0.4 is 0 Å². The van der Waals surface area contributed by atoms with Crippen molar-refractivity contribution in [2.45, 2.75) is 0 Å². The number of rotatable bonds is 2. The maximum Gasteiger partial charge on any atom is 0.132 e. The minimum absolute atomic E-state index is 0.154. The van der Waals surface area contributed by atoms with Crippen molar-refractivity contribution in [1.82, 2.24) is 0 Å². The van der Waals surface area contributed by atoms with Gasteiger partial charge in [-0.2, -0.15) is 0 Å². The Morgan fingerprint density at radius 3 is 2.12 bits per heavy atom. The van der Waals surface area contributed by atoms with Crippen LogP contribution in [0.4, 0.5) is 4.39 Å². The summed E-state index contributed by atoms with van der Waals surface area (Å²) in [6.07, 6.45) is 0. The Hall–Kier alpha value is -1.45. The average molecular weight is 260 g/mol. The van der Waals surface area contributed by atoms with Crippen molar-refractivity contribution in [2.24, 2.45) is 0 Å². The highest BCUT2D eigenvalue weighted by atomic mass is 32.1. The molecule has 0 aliphatic rings. The van der Waals surface area contributed by atoms with E-state index in [4.69, 9.17) is 0 Å². The summed E-state index contributed by atoms with van der Waals surface area (Å²) in [6.45, 7) is 0. The van der Waals surface area contributed by atoms with Gasteiger partial charge in [0.2, 0.25) is 0 Å². The third-order valence-electron chi connectivity index (χ3n) is 2.56. The van der Waals surface area contributed by atoms with Crippen molar-refractivity contribution in [3.8, 4) is 20.9 Å². The van der Waals surface area contributed by atoms with Gasteiger partial charge in [0.25, 0.3) is 0 Å². The van der Waals surface area contributed by atoms with Gasteiger partial charge in [0.15, 0.2) is 0 Å². The van der Waals surface area contributed by atoms with Crippen LogP contribution in [0, 0.1) is 5.82 Å². The molecule has 3 aromatic rings. The zero-order valence-electron chi connectivity index (χ0n) is 8.89. The van der Waals surface area contributed by atoms with Crippen LogP contribution in [0.25, 0.3) is 20.9 Å². The van der Waals surface area contributed by atoms with E-state index < -0.39 is 0 Å². The molecule has 0 aliphatic carbocycles. The summed E-state index contributed by atoms with van der Waals surface area (Å²) in [5, 5.41) is 3.96. The molecule has 0 N–H and O–H groups in total. The first kappa shape index (κ1) is 10.7. The fourth-order valence-corrected chi connectivity index (χ4v) is 3.22. The maximum absolute atomic E-state index is 14.0. The van der Waals surface area contributed by atoms with E-state index >= 15 is 0 Å². The van der Waals surface area contributed by atoms with Gasteiger partial charge in [-0.3, -0.25) is 0 Å². The highest BCUT2D eigenvalue weighted by Crippen LogP contribution is 2.32. The summed E-state index contributed by atoms with van der Waals surface area (Å²) in [5.74, 6) is -0.154. The molecule has 0 fully saturated rings. The molecule has 0 atom stereocenters. The lowest BCUT2D eigenvalue weighted by molar-refractivity contribution is 0.632. The quantitative estimate of drug-likeness (QED) is 0.588. The fourth-order valence-electron chi connectivity index (χ4n) is 1.74. The van der Waals surface area contributed by atoms with Crippen molar-refractivity contribution in [3.05, 3.63) is 59.0 Å². The van der Waals surface area contributed by atoms with E-state index in [0.717, 1.165) is 15.3 Å². The van der Waals surface area contributed by atoms with E-state index in [0.29, 0.717) is 5.56 Å². The number of halogens is 1. The minimum Gasteiger partial charge on any atom is -0.206 e. The molecule has 2 heterocycles. The van der Waals surface area contributed by atoms with Crippen LogP contribution in [0.3, 0.4) is 0 Å². The van der Waals surface area contributed by atoms with Crippen LogP contribution in [-0.2, 0) is 0 Å². The highest BCUT2D eigenvalue weighted by molar-refractivity contribution is 7.13. The van der Waals surface area contributed by atoms with Crippen LogP contribution in [0.5, 0.6) is 0 Å². The van der Waals surface area contributed by atoms with Gasteiger partial charge in [-0.1, -0.05) is 18.2 Å². The monoisotopic (exact) mass is 260 g/mol. The van der Waals surface area contributed by atoms with E-state index in [-0.39, 0.29) is 5.82 Å². The van der Waals surface area contributed by atoms with Gasteiger partial charge >= 0.3 is 0 Å². The Bertz CT molecular complexity index is 610. The van der Waals surface area contributed by atoms with Crippen LogP contribution in [0.1, 0.15) is 0 Å². The normalized spacial score (nSPS) is 10.6. The van der Waals surface area contributed by atoms with Crippen LogP contribution in [-0.4, -0.2) is 0 Å². The van der Waals surface area contributed by atoms with Gasteiger partial charge in [-0.15, -0.1) is 22.7 Å². The molecule has 3 heteroatoms. The second kappa shape index (κ2) is 4.43. The zero-order chi connectivity index (χ0) is 11.7. The molecule has 0 aliphatic heterocycles. The summed E-state index contributed by atoms with van der Waals surface area (Å²) in [6, 6.07) is 13.3. The summed E-state index contributed by atoms with van der Waals surface area (Å²) in [5.41, 5.74) is 1.62. The first-order valence-corrected chi connectivity index (χ1v) is 6.98. The molecular formula is C14H9FS2. The Balaban J connectivity index is 2.06. The van der Waals surface area contributed by atoms with Crippen molar-refractivity contribution in [2.75, 3.05) is 0 Å². The number of hydrogen-bond donors (Lipinski definition) is 0. The summed E-state index contributed by atoms with van der Waals surface area (Å²) < 4.78 is 14.0. The highest BCUT2D eigenvalue weighted by Gasteiger charge is 2.08. The molecule has 0 nitrogen and oxygen atoms in total. The lowest BCUT2D eigenvalue weighted by Gasteiger charge is -2.03. The maximum atomic E-state index is 14.0. The van der Waals surface area contributed by atoms with Crippen LogP contribution in [0.15, 0.2) is 53.2 Å². The Morgan fingerprint density at radius 1 is 0.824 bits per heavy atom. The SMILES string of the molecule is Fc1cc(-c2cccs2)ccc1-c1cccs1. The Kier molecular flexibility index (Phi) is 2.79. The standard InChI is InChI=1S/C14H9FS2/c15-12-9-10(13-3-1-7-16-13)5-6-11(12)14-4-2-8-17-14/h1-9H. The third kappa shape index (κ3) is 2.04. The number of hydrogen-bond acceptors (Lipinski definition) is 2. The Labute approximate surface area is 107 Å². The molecule has 0 unspecified atom stereocenters. The summed E-state index contributed by atoms with van der Waals surface area (Å²) in [7, 11) is 0. The first-order valence-electron chi connectivity index (χ1n) is 5.22. The molecule has 0 radical (unpaired) electrons. The van der Waals surface area contributed by atoms with E-state index in [9.17, 15) is 4.39 Å². The molecule has 17 heavy (non-hydrogen) atoms. The second-order valence-corrected chi connectivity index (χ2v) is 5.54. The first-order chi connectivity index (χ1) is 8.34. The predicted octanol–water partition coefficient (Wildman–Crippen LogP) is 5.28. The van der Waals surface area contributed by atoms with Crippen LogP contribution >= 0.6 is 22.7 Å². The Morgan fingerprint density at radius 2 is 1.53 bits per heavy atom. The average Bonchev–Trinajstić information content (AvgIpc) is 3.02. The van der Waals surface area contributed by atoms with Gasteiger partial charge < -0.3 is 0 Å². The van der Waals surface area contributed by atoms with Gasteiger partial charge in [-0.25, -0.2) is 4.39 Å². The number of thiophene rings is 2. The molecule has 0 saturated heterocycles. The molecule has 2 aromatic heterocycles.